The molecule has 1 aliphatic rings. The molecule has 2 aromatic carbocycles. The fourth-order valence-electron chi connectivity index (χ4n) is 2.62. The van der Waals surface area contributed by atoms with E-state index in [4.69, 9.17) is 4.74 Å². The first-order chi connectivity index (χ1) is 10.5. The first-order valence-electron chi connectivity index (χ1n) is 7.25. The van der Waals surface area contributed by atoms with E-state index in [0.29, 0.717) is 13.2 Å². The molecule has 0 aromatic heterocycles. The van der Waals surface area contributed by atoms with E-state index in [1.54, 1.807) is 0 Å². The van der Waals surface area contributed by atoms with Gasteiger partial charge in [0.1, 0.15) is 0 Å². The minimum atomic E-state index is -3.18. The summed E-state index contributed by atoms with van der Waals surface area (Å²) in [6.07, 6.45) is 2.11. The molecule has 0 amide bonds. The van der Waals surface area contributed by atoms with Crippen LogP contribution in [0.1, 0.15) is 16.7 Å². The zero-order valence-electron chi connectivity index (χ0n) is 12.5. The zero-order valence-corrected chi connectivity index (χ0v) is 13.3. The molecule has 0 unspecified atom stereocenters. The molecule has 0 radical (unpaired) electrons. The molecule has 0 aliphatic carbocycles. The molecule has 5 heteroatoms. The Balaban J connectivity index is 1.85. The van der Waals surface area contributed by atoms with Gasteiger partial charge in [-0.05, 0) is 40.3 Å². The van der Waals surface area contributed by atoms with Crippen LogP contribution in [0.3, 0.4) is 0 Å². The van der Waals surface area contributed by atoms with Gasteiger partial charge in [0, 0.05) is 6.54 Å². The van der Waals surface area contributed by atoms with Gasteiger partial charge in [-0.1, -0.05) is 36.4 Å². The Hall–Kier alpha value is -1.69. The number of benzene rings is 2. The standard InChI is InChI=1S/C17H19NO3S/c1-22(19,20)18-11-13-3-2-4-14(9-13)15-5-6-17-12-21-8-7-16(17)10-15/h2-6,9-10,18H,7-8,11-12H2,1H3. The highest BCUT2D eigenvalue weighted by Crippen LogP contribution is 2.26. The van der Waals surface area contributed by atoms with Gasteiger partial charge >= 0.3 is 0 Å². The van der Waals surface area contributed by atoms with Crippen molar-refractivity contribution in [3.63, 3.8) is 0 Å². The Labute approximate surface area is 131 Å². The van der Waals surface area contributed by atoms with E-state index < -0.39 is 10.0 Å². The van der Waals surface area contributed by atoms with Crippen LogP contribution in [0.2, 0.25) is 0 Å². The molecule has 22 heavy (non-hydrogen) atoms. The van der Waals surface area contributed by atoms with E-state index in [1.807, 2.05) is 24.3 Å². The maximum absolute atomic E-state index is 11.2. The molecule has 2 aromatic rings. The summed E-state index contributed by atoms with van der Waals surface area (Å²) >= 11 is 0. The maximum atomic E-state index is 11.2. The largest absolute Gasteiger partial charge is 0.376 e. The normalized spacial score (nSPS) is 14.6. The smallest absolute Gasteiger partial charge is 0.209 e. The highest BCUT2D eigenvalue weighted by Gasteiger charge is 2.10. The second-order valence-electron chi connectivity index (χ2n) is 5.58. The van der Waals surface area contributed by atoms with Crippen LogP contribution in [-0.2, 0) is 34.3 Å². The number of fused-ring (bicyclic) bond motifs is 1. The predicted molar refractivity (Wildman–Crippen MR) is 86.9 cm³/mol. The van der Waals surface area contributed by atoms with Crippen LogP contribution >= 0.6 is 0 Å². The van der Waals surface area contributed by atoms with Gasteiger partial charge in [0.2, 0.25) is 10.0 Å². The maximum Gasteiger partial charge on any atom is 0.209 e. The minimum absolute atomic E-state index is 0.311. The van der Waals surface area contributed by atoms with E-state index in [2.05, 4.69) is 22.9 Å². The Kier molecular flexibility index (Phi) is 4.29. The molecule has 0 bridgehead atoms. The summed E-state index contributed by atoms with van der Waals surface area (Å²) in [6, 6.07) is 14.4. The highest BCUT2D eigenvalue weighted by molar-refractivity contribution is 7.88. The van der Waals surface area contributed by atoms with Crippen molar-refractivity contribution in [3.8, 4) is 11.1 Å². The third-order valence-electron chi connectivity index (χ3n) is 3.78. The number of nitrogens with one attached hydrogen (secondary N) is 1. The lowest BCUT2D eigenvalue weighted by Gasteiger charge is -2.17. The van der Waals surface area contributed by atoms with Gasteiger partial charge in [0.05, 0.1) is 19.5 Å². The van der Waals surface area contributed by atoms with Crippen LogP contribution in [0.5, 0.6) is 0 Å². The van der Waals surface area contributed by atoms with Crippen LogP contribution in [0.15, 0.2) is 42.5 Å². The van der Waals surface area contributed by atoms with Crippen molar-refractivity contribution in [1.29, 1.82) is 0 Å². The number of hydrogen-bond donors (Lipinski definition) is 1. The highest BCUT2D eigenvalue weighted by atomic mass is 32.2. The molecule has 4 nitrogen and oxygen atoms in total. The van der Waals surface area contributed by atoms with Crippen LogP contribution in [-0.4, -0.2) is 21.3 Å². The fraction of sp³-hybridized carbons (Fsp3) is 0.294. The van der Waals surface area contributed by atoms with E-state index >= 15 is 0 Å². The first kappa shape index (κ1) is 15.2. The molecule has 1 heterocycles. The molecule has 0 saturated carbocycles. The molecule has 116 valence electrons. The van der Waals surface area contributed by atoms with Crippen molar-refractivity contribution in [1.82, 2.24) is 4.72 Å². The van der Waals surface area contributed by atoms with Gasteiger partial charge in [0.15, 0.2) is 0 Å². The van der Waals surface area contributed by atoms with Crippen LogP contribution in [0.25, 0.3) is 11.1 Å². The molecular weight excluding hydrogens is 298 g/mol. The summed E-state index contributed by atoms with van der Waals surface area (Å²) in [4.78, 5) is 0. The molecule has 3 rings (SSSR count). The summed E-state index contributed by atoms with van der Waals surface area (Å²) in [7, 11) is -3.18. The summed E-state index contributed by atoms with van der Waals surface area (Å²) in [5.41, 5.74) is 5.79. The topological polar surface area (TPSA) is 55.4 Å². The number of sulfonamides is 1. The average molecular weight is 317 g/mol. The van der Waals surface area contributed by atoms with Gasteiger partial charge in [-0.15, -0.1) is 0 Å². The van der Waals surface area contributed by atoms with E-state index in [-0.39, 0.29) is 0 Å². The summed E-state index contributed by atoms with van der Waals surface area (Å²) < 4.78 is 30.4. The average Bonchev–Trinajstić information content (AvgIpc) is 2.52. The Bertz CT molecular complexity index is 784. The van der Waals surface area contributed by atoms with E-state index in [1.165, 1.54) is 17.4 Å². The van der Waals surface area contributed by atoms with Gasteiger partial charge in [-0.2, -0.15) is 0 Å². The van der Waals surface area contributed by atoms with Crippen molar-refractivity contribution in [2.24, 2.45) is 0 Å². The van der Waals surface area contributed by atoms with Crippen molar-refractivity contribution < 1.29 is 13.2 Å². The number of rotatable bonds is 4. The van der Waals surface area contributed by atoms with Crippen molar-refractivity contribution >= 4 is 10.0 Å². The third kappa shape index (κ3) is 3.74. The van der Waals surface area contributed by atoms with Crippen LogP contribution in [0.4, 0.5) is 0 Å². The van der Waals surface area contributed by atoms with E-state index in [9.17, 15) is 8.42 Å². The van der Waals surface area contributed by atoms with E-state index in [0.717, 1.165) is 29.7 Å². The summed E-state index contributed by atoms with van der Waals surface area (Å²) in [5.74, 6) is 0. The second kappa shape index (κ2) is 6.20. The predicted octanol–water partition coefficient (Wildman–Crippen LogP) is 2.48. The van der Waals surface area contributed by atoms with Crippen LogP contribution in [0, 0.1) is 0 Å². The first-order valence-corrected chi connectivity index (χ1v) is 9.14. The van der Waals surface area contributed by atoms with Gasteiger partial charge in [-0.3, -0.25) is 0 Å². The number of hydrogen-bond acceptors (Lipinski definition) is 3. The lowest BCUT2D eigenvalue weighted by molar-refractivity contribution is 0.111. The summed E-state index contributed by atoms with van der Waals surface area (Å²) in [6.45, 7) is 1.77. The van der Waals surface area contributed by atoms with Crippen LogP contribution < -0.4 is 4.72 Å². The lowest BCUT2D eigenvalue weighted by atomic mass is 9.96. The number of ether oxygens (including phenoxy) is 1. The quantitative estimate of drug-likeness (QED) is 0.942. The summed E-state index contributed by atoms with van der Waals surface area (Å²) in [5, 5.41) is 0. The fourth-order valence-corrected chi connectivity index (χ4v) is 3.05. The SMILES string of the molecule is CS(=O)(=O)NCc1cccc(-c2ccc3c(c2)CCOC3)c1. The minimum Gasteiger partial charge on any atom is -0.376 e. The van der Waals surface area contributed by atoms with Crippen molar-refractivity contribution in [2.75, 3.05) is 12.9 Å². The second-order valence-corrected chi connectivity index (χ2v) is 7.41. The van der Waals surface area contributed by atoms with Crippen molar-refractivity contribution in [2.45, 2.75) is 19.6 Å². The molecule has 0 saturated heterocycles. The lowest BCUT2D eigenvalue weighted by Crippen LogP contribution is -2.21. The van der Waals surface area contributed by atoms with Crippen molar-refractivity contribution in [3.05, 3.63) is 59.2 Å². The monoisotopic (exact) mass is 317 g/mol. The molecular formula is C17H19NO3S. The molecule has 0 fully saturated rings. The molecule has 1 N–H and O–H groups in total. The molecule has 0 spiro atoms. The van der Waals surface area contributed by atoms with Gasteiger partial charge < -0.3 is 4.74 Å². The Morgan fingerprint density at radius 2 is 1.91 bits per heavy atom. The van der Waals surface area contributed by atoms with Gasteiger partial charge in [-0.25, -0.2) is 13.1 Å². The molecule has 0 atom stereocenters. The molecule has 1 aliphatic heterocycles. The Morgan fingerprint density at radius 1 is 1.09 bits per heavy atom. The van der Waals surface area contributed by atoms with Gasteiger partial charge in [0.25, 0.3) is 0 Å². The third-order valence-corrected chi connectivity index (χ3v) is 4.45. The Morgan fingerprint density at radius 3 is 2.73 bits per heavy atom. The zero-order chi connectivity index (χ0) is 15.6.